The summed E-state index contributed by atoms with van der Waals surface area (Å²) in [5.74, 6) is -1.06. The number of carbonyl (C=O) groups is 2. The van der Waals surface area contributed by atoms with Gasteiger partial charge in [-0.2, -0.15) is 0 Å². The highest BCUT2D eigenvalue weighted by molar-refractivity contribution is 7.91. The van der Waals surface area contributed by atoms with Gasteiger partial charge in [0.15, 0.2) is 16.4 Å². The van der Waals surface area contributed by atoms with Crippen LogP contribution in [0.25, 0.3) is 10.8 Å². The normalized spacial score (nSPS) is 19.1. The van der Waals surface area contributed by atoms with E-state index < -0.39 is 34.4 Å². The minimum absolute atomic E-state index is 0.0582. The van der Waals surface area contributed by atoms with Gasteiger partial charge in [-0.1, -0.05) is 30.3 Å². The zero-order valence-corrected chi connectivity index (χ0v) is 13.7. The van der Waals surface area contributed by atoms with E-state index in [0.29, 0.717) is 12.0 Å². The molecule has 2 aromatic rings. The molecule has 126 valence electrons. The van der Waals surface area contributed by atoms with Crippen molar-refractivity contribution < 1.29 is 22.7 Å². The molecule has 7 heteroatoms. The second-order valence-corrected chi connectivity index (χ2v) is 8.03. The fourth-order valence-electron chi connectivity index (χ4n) is 2.71. The Bertz CT molecular complexity index is 891. The van der Waals surface area contributed by atoms with Crippen LogP contribution in [0.3, 0.4) is 0 Å². The Morgan fingerprint density at radius 1 is 1.12 bits per heavy atom. The van der Waals surface area contributed by atoms with Crippen LogP contribution in [0.1, 0.15) is 16.8 Å². The summed E-state index contributed by atoms with van der Waals surface area (Å²) in [5, 5.41) is 4.49. The first kappa shape index (κ1) is 16.4. The van der Waals surface area contributed by atoms with Crippen LogP contribution in [0.2, 0.25) is 0 Å². The van der Waals surface area contributed by atoms with Crippen LogP contribution < -0.4 is 5.32 Å². The molecule has 0 saturated carbocycles. The number of hydrogen-bond acceptors (Lipinski definition) is 5. The van der Waals surface area contributed by atoms with E-state index in [1.807, 2.05) is 30.3 Å². The number of amides is 1. The topological polar surface area (TPSA) is 89.5 Å². The highest BCUT2D eigenvalue weighted by atomic mass is 32.2. The van der Waals surface area contributed by atoms with Crippen molar-refractivity contribution >= 4 is 32.5 Å². The van der Waals surface area contributed by atoms with Crippen molar-refractivity contribution in [2.24, 2.45) is 0 Å². The van der Waals surface area contributed by atoms with E-state index in [1.165, 1.54) is 0 Å². The molecule has 1 heterocycles. The molecule has 24 heavy (non-hydrogen) atoms. The lowest BCUT2D eigenvalue weighted by Gasteiger charge is -2.11. The first-order valence-corrected chi connectivity index (χ1v) is 9.41. The number of carbonyl (C=O) groups excluding carboxylic acids is 2. The quantitative estimate of drug-likeness (QED) is 0.842. The van der Waals surface area contributed by atoms with Crippen molar-refractivity contribution in [3.63, 3.8) is 0 Å². The highest BCUT2D eigenvalue weighted by Crippen LogP contribution is 2.16. The van der Waals surface area contributed by atoms with Crippen LogP contribution in [0.15, 0.2) is 42.5 Å². The van der Waals surface area contributed by atoms with E-state index in [-0.39, 0.29) is 11.5 Å². The van der Waals surface area contributed by atoms with Gasteiger partial charge in [0.2, 0.25) is 0 Å². The summed E-state index contributed by atoms with van der Waals surface area (Å²) in [6, 6.07) is 12.4. The molecule has 0 aromatic heterocycles. The first-order chi connectivity index (χ1) is 11.4. The summed E-state index contributed by atoms with van der Waals surface area (Å²) < 4.78 is 27.7. The third kappa shape index (κ3) is 3.91. The zero-order valence-electron chi connectivity index (χ0n) is 12.9. The van der Waals surface area contributed by atoms with Crippen LogP contribution >= 0.6 is 0 Å². The minimum Gasteiger partial charge on any atom is -0.452 e. The Kier molecular flexibility index (Phi) is 4.53. The van der Waals surface area contributed by atoms with Crippen molar-refractivity contribution in [1.29, 1.82) is 0 Å². The molecule has 1 amide bonds. The minimum atomic E-state index is -3.06. The molecule has 0 bridgehead atoms. The molecule has 1 aliphatic rings. The average molecular weight is 347 g/mol. The van der Waals surface area contributed by atoms with Gasteiger partial charge in [0.05, 0.1) is 17.1 Å². The number of sulfone groups is 1. The molecule has 1 N–H and O–H groups in total. The van der Waals surface area contributed by atoms with Crippen molar-refractivity contribution in [3.8, 4) is 0 Å². The molecule has 0 aliphatic carbocycles. The van der Waals surface area contributed by atoms with Gasteiger partial charge in [-0.05, 0) is 29.3 Å². The number of esters is 1. The van der Waals surface area contributed by atoms with Crippen LogP contribution in [0.4, 0.5) is 0 Å². The Labute approximate surface area is 139 Å². The van der Waals surface area contributed by atoms with E-state index in [2.05, 4.69) is 5.32 Å². The molecule has 1 saturated heterocycles. The van der Waals surface area contributed by atoms with Gasteiger partial charge >= 0.3 is 5.97 Å². The van der Waals surface area contributed by atoms with Gasteiger partial charge in [0, 0.05) is 6.04 Å². The standard InChI is InChI=1S/C17H17NO5S/c19-16(18-15-7-8-24(21,22)11-15)10-23-17(20)14-6-5-12-3-1-2-4-13(12)9-14/h1-6,9,15H,7-8,10-11H2,(H,18,19)/t15-/m1/s1. The second kappa shape index (κ2) is 6.60. The number of rotatable bonds is 4. The van der Waals surface area contributed by atoms with E-state index in [9.17, 15) is 18.0 Å². The van der Waals surface area contributed by atoms with Crippen molar-refractivity contribution in [2.45, 2.75) is 12.5 Å². The van der Waals surface area contributed by atoms with E-state index in [1.54, 1.807) is 12.1 Å². The Morgan fingerprint density at radius 2 is 1.88 bits per heavy atom. The number of ether oxygens (including phenoxy) is 1. The number of hydrogen-bond donors (Lipinski definition) is 1. The third-order valence-electron chi connectivity index (χ3n) is 3.92. The van der Waals surface area contributed by atoms with Crippen molar-refractivity contribution in [3.05, 3.63) is 48.0 Å². The van der Waals surface area contributed by atoms with Gasteiger partial charge in [-0.15, -0.1) is 0 Å². The lowest BCUT2D eigenvalue weighted by Crippen LogP contribution is -2.38. The Morgan fingerprint density at radius 3 is 2.58 bits per heavy atom. The highest BCUT2D eigenvalue weighted by Gasteiger charge is 2.29. The van der Waals surface area contributed by atoms with Gasteiger partial charge in [-0.25, -0.2) is 13.2 Å². The molecule has 2 aromatic carbocycles. The smallest absolute Gasteiger partial charge is 0.338 e. The second-order valence-electron chi connectivity index (χ2n) is 5.81. The predicted octanol–water partition coefficient (Wildman–Crippen LogP) is 1.30. The summed E-state index contributed by atoms with van der Waals surface area (Å²) >= 11 is 0. The molecule has 6 nitrogen and oxygen atoms in total. The molecule has 0 radical (unpaired) electrons. The largest absolute Gasteiger partial charge is 0.452 e. The van der Waals surface area contributed by atoms with Gasteiger partial charge in [0.1, 0.15) is 0 Å². The maximum Gasteiger partial charge on any atom is 0.338 e. The molecule has 1 fully saturated rings. The lowest BCUT2D eigenvalue weighted by atomic mass is 10.1. The van der Waals surface area contributed by atoms with E-state index in [0.717, 1.165) is 10.8 Å². The SMILES string of the molecule is O=C(COC(=O)c1ccc2ccccc2c1)N[C@@H]1CCS(=O)(=O)C1. The zero-order chi connectivity index (χ0) is 17.2. The number of benzene rings is 2. The number of nitrogens with one attached hydrogen (secondary N) is 1. The van der Waals surface area contributed by atoms with Crippen LogP contribution in [-0.4, -0.2) is 44.4 Å². The monoisotopic (exact) mass is 347 g/mol. The molecule has 0 spiro atoms. The summed E-state index contributed by atoms with van der Waals surface area (Å²) in [7, 11) is -3.06. The van der Waals surface area contributed by atoms with Gasteiger partial charge in [-0.3, -0.25) is 4.79 Å². The fourth-order valence-corrected chi connectivity index (χ4v) is 4.38. The molecular formula is C17H17NO5S. The van der Waals surface area contributed by atoms with Crippen molar-refractivity contribution in [1.82, 2.24) is 5.32 Å². The Balaban J connectivity index is 1.55. The average Bonchev–Trinajstić information content (AvgIpc) is 2.90. The molecular weight excluding hydrogens is 330 g/mol. The van der Waals surface area contributed by atoms with Crippen LogP contribution in [0.5, 0.6) is 0 Å². The predicted molar refractivity (Wildman–Crippen MR) is 89.4 cm³/mol. The summed E-state index contributed by atoms with van der Waals surface area (Å²) in [6.07, 6.45) is 0.396. The van der Waals surface area contributed by atoms with Gasteiger partial charge in [0.25, 0.3) is 5.91 Å². The maximum absolute atomic E-state index is 12.0. The van der Waals surface area contributed by atoms with Crippen molar-refractivity contribution in [2.75, 3.05) is 18.1 Å². The maximum atomic E-state index is 12.0. The van der Waals surface area contributed by atoms with E-state index >= 15 is 0 Å². The van der Waals surface area contributed by atoms with Crippen LogP contribution in [0, 0.1) is 0 Å². The summed E-state index contributed by atoms with van der Waals surface area (Å²) in [6.45, 7) is -0.428. The summed E-state index contributed by atoms with van der Waals surface area (Å²) in [5.41, 5.74) is 0.366. The molecule has 1 atom stereocenters. The summed E-state index contributed by atoms with van der Waals surface area (Å²) in [4.78, 5) is 23.8. The Hall–Kier alpha value is -2.41. The molecule has 3 rings (SSSR count). The molecule has 1 aliphatic heterocycles. The molecule has 0 unspecified atom stereocenters. The van der Waals surface area contributed by atoms with Crippen LogP contribution in [-0.2, 0) is 19.4 Å². The number of fused-ring (bicyclic) bond motifs is 1. The fraction of sp³-hybridized carbons (Fsp3) is 0.294. The van der Waals surface area contributed by atoms with E-state index in [4.69, 9.17) is 4.74 Å². The first-order valence-electron chi connectivity index (χ1n) is 7.59. The lowest BCUT2D eigenvalue weighted by molar-refractivity contribution is -0.124. The third-order valence-corrected chi connectivity index (χ3v) is 5.69. The van der Waals surface area contributed by atoms with Gasteiger partial charge < -0.3 is 10.1 Å².